The highest BCUT2D eigenvalue weighted by atomic mass is 16.4. The predicted octanol–water partition coefficient (Wildman–Crippen LogP) is 3.27. The van der Waals surface area contributed by atoms with Gasteiger partial charge in [-0.2, -0.15) is 5.10 Å². The fourth-order valence-corrected chi connectivity index (χ4v) is 3.71. The van der Waals surface area contributed by atoms with E-state index in [1.807, 2.05) is 48.0 Å². The molecular weight excluding hydrogens is 342 g/mol. The summed E-state index contributed by atoms with van der Waals surface area (Å²) in [6, 6.07) is 10.0. The van der Waals surface area contributed by atoms with Crippen molar-refractivity contribution in [3.63, 3.8) is 0 Å². The first-order valence-corrected chi connectivity index (χ1v) is 9.26. The molecule has 0 bridgehead atoms. The van der Waals surface area contributed by atoms with Crippen molar-refractivity contribution in [2.75, 3.05) is 0 Å². The van der Waals surface area contributed by atoms with Crippen LogP contribution >= 0.6 is 0 Å². The maximum Gasteiger partial charge on any atom is 0.303 e. The van der Waals surface area contributed by atoms with Gasteiger partial charge in [0.1, 0.15) is 0 Å². The number of amides is 1. The lowest BCUT2D eigenvalue weighted by Gasteiger charge is -2.15. The van der Waals surface area contributed by atoms with Gasteiger partial charge >= 0.3 is 5.97 Å². The Morgan fingerprint density at radius 1 is 1.19 bits per heavy atom. The second-order valence-corrected chi connectivity index (χ2v) is 6.98. The molecule has 1 amide bonds. The van der Waals surface area contributed by atoms with Gasteiger partial charge in [0.25, 0.3) is 0 Å². The van der Waals surface area contributed by atoms with Crippen LogP contribution in [0.15, 0.2) is 42.5 Å². The number of carboxylic acid groups (broad SMARTS) is 1. The highest BCUT2D eigenvalue weighted by molar-refractivity contribution is 5.77. The van der Waals surface area contributed by atoms with Crippen LogP contribution in [-0.2, 0) is 9.59 Å². The quantitative estimate of drug-likeness (QED) is 0.736. The number of para-hydroxylation sites is 1. The summed E-state index contributed by atoms with van der Waals surface area (Å²) in [5, 5.41) is 16.3. The number of aryl methyl sites for hydroxylation is 1. The molecule has 2 N–H and O–H groups in total. The molecule has 0 spiro atoms. The van der Waals surface area contributed by atoms with E-state index >= 15 is 0 Å². The van der Waals surface area contributed by atoms with E-state index in [1.54, 1.807) is 0 Å². The van der Waals surface area contributed by atoms with Gasteiger partial charge in [0.05, 0.1) is 11.4 Å². The molecule has 27 heavy (non-hydrogen) atoms. The van der Waals surface area contributed by atoms with Crippen LogP contribution in [0.5, 0.6) is 0 Å². The number of hydrogen-bond donors (Lipinski definition) is 2. The highest BCUT2D eigenvalue weighted by Gasteiger charge is 2.26. The summed E-state index contributed by atoms with van der Waals surface area (Å²) in [6.07, 6.45) is 5.59. The van der Waals surface area contributed by atoms with Crippen LogP contribution in [0.4, 0.5) is 0 Å². The Labute approximate surface area is 158 Å². The van der Waals surface area contributed by atoms with E-state index in [4.69, 9.17) is 10.2 Å². The lowest BCUT2D eigenvalue weighted by atomic mass is 9.96. The normalized spacial score (nSPS) is 18.6. The molecule has 0 unspecified atom stereocenters. The summed E-state index contributed by atoms with van der Waals surface area (Å²) in [5.74, 6) is -0.753. The number of nitrogens with one attached hydrogen (secondary N) is 1. The number of rotatable bonds is 7. The lowest BCUT2D eigenvalue weighted by Crippen LogP contribution is -2.32. The lowest BCUT2D eigenvalue weighted by molar-refractivity contribution is -0.137. The first-order chi connectivity index (χ1) is 13.0. The number of carbonyl (C=O) groups is 2. The molecule has 0 saturated heterocycles. The third-order valence-electron chi connectivity index (χ3n) is 4.94. The molecule has 6 heteroatoms. The fraction of sp³-hybridized carbons (Fsp3) is 0.381. The Morgan fingerprint density at radius 3 is 2.63 bits per heavy atom. The first-order valence-electron chi connectivity index (χ1n) is 9.26. The minimum absolute atomic E-state index is 0.0214. The zero-order valence-electron chi connectivity index (χ0n) is 15.7. The van der Waals surface area contributed by atoms with Crippen LogP contribution in [0.3, 0.4) is 0 Å². The van der Waals surface area contributed by atoms with Crippen molar-refractivity contribution >= 4 is 11.9 Å². The first kappa shape index (κ1) is 18.9. The SMILES string of the molecule is Cc1nn(-c2ccccc2)c(C)c1[C@H]1C=C[C@@H](NC(=O)CCCC(=O)O)C1. The Bertz CT molecular complexity index is 855. The van der Waals surface area contributed by atoms with Gasteiger partial charge in [0, 0.05) is 36.1 Å². The highest BCUT2D eigenvalue weighted by Crippen LogP contribution is 2.33. The third-order valence-corrected chi connectivity index (χ3v) is 4.94. The van der Waals surface area contributed by atoms with Gasteiger partial charge in [-0.15, -0.1) is 0 Å². The molecular formula is C21H25N3O3. The molecule has 2 atom stereocenters. The van der Waals surface area contributed by atoms with Crippen LogP contribution in [0, 0.1) is 13.8 Å². The Kier molecular flexibility index (Phi) is 5.74. The summed E-state index contributed by atoms with van der Waals surface area (Å²) in [7, 11) is 0. The number of carbonyl (C=O) groups excluding carboxylic acids is 1. The topological polar surface area (TPSA) is 84.2 Å². The van der Waals surface area contributed by atoms with Crippen molar-refractivity contribution in [1.82, 2.24) is 15.1 Å². The number of aliphatic carboxylic acids is 1. The largest absolute Gasteiger partial charge is 0.481 e. The maximum atomic E-state index is 12.0. The van der Waals surface area contributed by atoms with Crippen LogP contribution in [0.1, 0.15) is 48.6 Å². The number of carboxylic acids is 1. The van der Waals surface area contributed by atoms with Gasteiger partial charge in [-0.3, -0.25) is 9.59 Å². The van der Waals surface area contributed by atoms with Crippen molar-refractivity contribution in [3.8, 4) is 5.69 Å². The minimum atomic E-state index is -0.870. The van der Waals surface area contributed by atoms with E-state index in [0.717, 1.165) is 23.5 Å². The average molecular weight is 367 g/mol. The van der Waals surface area contributed by atoms with Crippen molar-refractivity contribution in [2.45, 2.75) is 51.5 Å². The molecule has 1 aromatic carbocycles. The van der Waals surface area contributed by atoms with Gasteiger partial charge in [0.2, 0.25) is 5.91 Å². The summed E-state index contributed by atoms with van der Waals surface area (Å²) < 4.78 is 1.97. The second kappa shape index (κ2) is 8.20. The molecule has 2 aromatic rings. The number of aromatic nitrogens is 2. The fourth-order valence-electron chi connectivity index (χ4n) is 3.71. The zero-order chi connectivity index (χ0) is 19.4. The Balaban J connectivity index is 1.64. The number of allylic oxidation sites excluding steroid dienone is 1. The Hall–Kier alpha value is -2.89. The molecule has 0 saturated carbocycles. The second-order valence-electron chi connectivity index (χ2n) is 6.98. The van der Waals surface area contributed by atoms with Crippen molar-refractivity contribution in [2.24, 2.45) is 0 Å². The van der Waals surface area contributed by atoms with Crippen LogP contribution in [0.25, 0.3) is 5.69 Å². The van der Waals surface area contributed by atoms with Crippen LogP contribution in [0.2, 0.25) is 0 Å². The van der Waals surface area contributed by atoms with Gasteiger partial charge in [-0.05, 0) is 38.8 Å². The van der Waals surface area contributed by atoms with Gasteiger partial charge in [-0.25, -0.2) is 4.68 Å². The van der Waals surface area contributed by atoms with Gasteiger partial charge < -0.3 is 10.4 Å². The minimum Gasteiger partial charge on any atom is -0.481 e. The number of nitrogens with zero attached hydrogens (tertiary/aromatic N) is 2. The van der Waals surface area contributed by atoms with E-state index in [-0.39, 0.29) is 30.7 Å². The molecule has 0 fully saturated rings. The average Bonchev–Trinajstić information content (AvgIpc) is 3.19. The number of benzene rings is 1. The summed E-state index contributed by atoms with van der Waals surface area (Å²) >= 11 is 0. The molecule has 142 valence electrons. The summed E-state index contributed by atoms with van der Waals surface area (Å²) in [4.78, 5) is 22.5. The standard InChI is InChI=1S/C21H25N3O3/c1-14-21(15(2)24(23-14)18-7-4-3-5-8-18)16-11-12-17(13-16)22-19(25)9-6-10-20(26)27/h3-5,7-8,11-12,16-17H,6,9-10,13H2,1-2H3,(H,22,25)(H,26,27)/t16-,17+/m0/s1. The van der Waals surface area contributed by atoms with Crippen molar-refractivity contribution in [3.05, 3.63) is 59.4 Å². The monoisotopic (exact) mass is 367 g/mol. The summed E-state index contributed by atoms with van der Waals surface area (Å²) in [5.41, 5.74) is 4.36. The molecule has 0 radical (unpaired) electrons. The molecule has 1 aliphatic carbocycles. The molecule has 6 nitrogen and oxygen atoms in total. The van der Waals surface area contributed by atoms with Crippen molar-refractivity contribution in [1.29, 1.82) is 0 Å². The van der Waals surface area contributed by atoms with E-state index in [0.29, 0.717) is 6.42 Å². The molecule has 1 heterocycles. The van der Waals surface area contributed by atoms with E-state index in [1.165, 1.54) is 5.56 Å². The molecule has 3 rings (SSSR count). The van der Waals surface area contributed by atoms with E-state index in [9.17, 15) is 9.59 Å². The van der Waals surface area contributed by atoms with Gasteiger partial charge in [0.15, 0.2) is 0 Å². The predicted molar refractivity (Wildman–Crippen MR) is 103 cm³/mol. The summed E-state index contributed by atoms with van der Waals surface area (Å²) in [6.45, 7) is 4.10. The third kappa shape index (κ3) is 4.45. The maximum absolute atomic E-state index is 12.0. The molecule has 0 aliphatic heterocycles. The number of hydrogen-bond acceptors (Lipinski definition) is 3. The zero-order valence-corrected chi connectivity index (χ0v) is 15.7. The van der Waals surface area contributed by atoms with E-state index in [2.05, 4.69) is 18.3 Å². The Morgan fingerprint density at radius 2 is 1.93 bits per heavy atom. The van der Waals surface area contributed by atoms with E-state index < -0.39 is 5.97 Å². The smallest absolute Gasteiger partial charge is 0.303 e. The van der Waals surface area contributed by atoms with Crippen LogP contribution in [-0.4, -0.2) is 32.8 Å². The van der Waals surface area contributed by atoms with Crippen LogP contribution < -0.4 is 5.32 Å². The molecule has 1 aromatic heterocycles. The van der Waals surface area contributed by atoms with Gasteiger partial charge in [-0.1, -0.05) is 30.4 Å². The van der Waals surface area contributed by atoms with Crippen molar-refractivity contribution < 1.29 is 14.7 Å². The molecule has 1 aliphatic rings.